The number of epoxide rings is 1. The first-order chi connectivity index (χ1) is 10.9. The lowest BCUT2D eigenvalue weighted by molar-refractivity contribution is -0.149. The number of nitrogens with two attached hydrogens (primary N) is 1. The van der Waals surface area contributed by atoms with Crippen LogP contribution in [0.4, 0.5) is 0 Å². The second-order valence-electron chi connectivity index (χ2n) is 6.96. The van der Waals surface area contributed by atoms with Crippen LogP contribution in [0, 0.1) is 0 Å². The average Bonchev–Trinajstić information content (AvgIpc) is 3.00. The van der Waals surface area contributed by atoms with Crippen molar-refractivity contribution in [3.63, 3.8) is 0 Å². The van der Waals surface area contributed by atoms with Gasteiger partial charge in [-0.25, -0.2) is 0 Å². The second kappa shape index (κ2) is 4.61. The van der Waals surface area contributed by atoms with Crippen LogP contribution in [0.3, 0.4) is 0 Å². The van der Waals surface area contributed by atoms with Gasteiger partial charge in [0, 0.05) is 16.4 Å². The Morgan fingerprint density at radius 2 is 1.74 bits per heavy atom. The molecule has 1 aliphatic carbocycles. The molecule has 5 rings (SSSR count). The Balaban J connectivity index is 1.53. The van der Waals surface area contributed by atoms with Gasteiger partial charge >= 0.3 is 0 Å². The first-order valence-corrected chi connectivity index (χ1v) is 8.60. The highest BCUT2D eigenvalue weighted by Gasteiger charge is 2.65. The van der Waals surface area contributed by atoms with E-state index in [-0.39, 0.29) is 43.2 Å². The normalized spacial score (nSPS) is 42.3. The number of hydrogen-bond acceptors (Lipinski definition) is 6. The van der Waals surface area contributed by atoms with E-state index >= 15 is 0 Å². The molecule has 124 valence electrons. The average molecular weight is 384 g/mol. The zero-order chi connectivity index (χ0) is 15.9. The third-order valence-corrected chi connectivity index (χ3v) is 5.73. The number of rotatable bonds is 1. The number of fused-ring (bicyclic) bond motifs is 4. The fraction of sp³-hybridized carbons (Fsp3) is 0.625. The molecule has 0 unspecified atom stereocenters. The van der Waals surface area contributed by atoms with Crippen LogP contribution in [0.15, 0.2) is 16.6 Å². The predicted molar refractivity (Wildman–Crippen MR) is 83.5 cm³/mol. The Bertz CT molecular complexity index is 681. The van der Waals surface area contributed by atoms with Crippen LogP contribution in [0.5, 0.6) is 11.5 Å². The minimum absolute atomic E-state index is 0.0302. The fourth-order valence-corrected chi connectivity index (χ4v) is 4.64. The van der Waals surface area contributed by atoms with E-state index in [0.29, 0.717) is 0 Å². The minimum atomic E-state index is -0.621. The first-order valence-electron chi connectivity index (χ1n) is 7.80. The Kier molecular flexibility index (Phi) is 2.90. The van der Waals surface area contributed by atoms with Gasteiger partial charge in [0.15, 0.2) is 17.3 Å². The van der Waals surface area contributed by atoms with Gasteiger partial charge < -0.3 is 29.4 Å². The van der Waals surface area contributed by atoms with E-state index in [2.05, 4.69) is 15.9 Å². The minimum Gasteiger partial charge on any atom is -0.454 e. The van der Waals surface area contributed by atoms with E-state index in [0.717, 1.165) is 21.5 Å². The molecule has 3 heterocycles. The molecule has 0 radical (unpaired) electrons. The largest absolute Gasteiger partial charge is 0.454 e. The maximum absolute atomic E-state index is 6.57. The van der Waals surface area contributed by atoms with Crippen molar-refractivity contribution in [2.75, 3.05) is 6.79 Å². The van der Waals surface area contributed by atoms with Gasteiger partial charge in [0.25, 0.3) is 0 Å². The van der Waals surface area contributed by atoms with E-state index < -0.39 is 5.79 Å². The third-order valence-electron chi connectivity index (χ3n) is 5.05. The molecule has 2 saturated heterocycles. The smallest absolute Gasteiger partial charge is 0.231 e. The summed E-state index contributed by atoms with van der Waals surface area (Å²) in [5.74, 6) is 0.906. The quantitative estimate of drug-likeness (QED) is 0.746. The maximum atomic E-state index is 6.57. The molecular weight excluding hydrogens is 366 g/mol. The zero-order valence-corrected chi connectivity index (χ0v) is 14.4. The molecule has 6 nitrogen and oxygen atoms in total. The highest BCUT2D eigenvalue weighted by Crippen LogP contribution is 2.53. The van der Waals surface area contributed by atoms with Crippen LogP contribution >= 0.6 is 15.9 Å². The molecule has 1 aromatic rings. The van der Waals surface area contributed by atoms with Gasteiger partial charge in [-0.15, -0.1) is 0 Å². The summed E-state index contributed by atoms with van der Waals surface area (Å²) in [6, 6.07) is 3.73. The molecule has 3 aliphatic heterocycles. The molecule has 0 aromatic heterocycles. The third kappa shape index (κ3) is 2.07. The summed E-state index contributed by atoms with van der Waals surface area (Å²) < 4.78 is 29.8. The van der Waals surface area contributed by atoms with Gasteiger partial charge in [-0.3, -0.25) is 0 Å². The van der Waals surface area contributed by atoms with Crippen molar-refractivity contribution in [2.24, 2.45) is 5.73 Å². The summed E-state index contributed by atoms with van der Waals surface area (Å²) >= 11 is 3.64. The molecule has 1 aromatic carbocycles. The summed E-state index contributed by atoms with van der Waals surface area (Å²) in [6.07, 6.45) is -0.158. The molecule has 2 N–H and O–H groups in total. The lowest BCUT2D eigenvalue weighted by Gasteiger charge is -2.33. The molecule has 0 spiro atoms. The lowest BCUT2D eigenvalue weighted by atomic mass is 9.77. The van der Waals surface area contributed by atoms with Gasteiger partial charge in [-0.2, -0.15) is 0 Å². The van der Waals surface area contributed by atoms with Gasteiger partial charge in [-0.05, 0) is 31.5 Å². The van der Waals surface area contributed by atoms with Crippen molar-refractivity contribution < 1.29 is 23.7 Å². The first kappa shape index (κ1) is 14.5. The molecule has 7 heteroatoms. The van der Waals surface area contributed by atoms with E-state index in [1.807, 2.05) is 26.0 Å². The molecule has 0 amide bonds. The van der Waals surface area contributed by atoms with Crippen molar-refractivity contribution in [1.29, 1.82) is 0 Å². The van der Waals surface area contributed by atoms with E-state index in [4.69, 9.17) is 29.4 Å². The molecule has 23 heavy (non-hydrogen) atoms. The van der Waals surface area contributed by atoms with Crippen LogP contribution < -0.4 is 15.2 Å². The fourth-order valence-electron chi connectivity index (χ4n) is 4.05. The van der Waals surface area contributed by atoms with Crippen molar-refractivity contribution in [2.45, 2.75) is 56.0 Å². The van der Waals surface area contributed by atoms with Gasteiger partial charge in [0.05, 0.1) is 6.10 Å². The Labute approximate surface area is 142 Å². The molecular formula is C16H18BrNO5. The van der Waals surface area contributed by atoms with Crippen LogP contribution in [0.2, 0.25) is 0 Å². The van der Waals surface area contributed by atoms with Crippen LogP contribution in [-0.2, 0) is 14.2 Å². The summed E-state index contributed by atoms with van der Waals surface area (Å²) in [6.45, 7) is 4.09. The molecule has 3 fully saturated rings. The summed E-state index contributed by atoms with van der Waals surface area (Å²) in [7, 11) is 0. The van der Waals surface area contributed by atoms with E-state index in [1.165, 1.54) is 0 Å². The van der Waals surface area contributed by atoms with Crippen molar-refractivity contribution in [1.82, 2.24) is 0 Å². The summed E-state index contributed by atoms with van der Waals surface area (Å²) in [4.78, 5) is 0. The number of ether oxygens (including phenoxy) is 5. The van der Waals surface area contributed by atoms with E-state index in [1.54, 1.807) is 0 Å². The van der Waals surface area contributed by atoms with Gasteiger partial charge in [0.1, 0.15) is 18.3 Å². The van der Waals surface area contributed by atoms with Gasteiger partial charge in [-0.1, -0.05) is 15.9 Å². The second-order valence-corrected chi connectivity index (χ2v) is 7.81. The summed E-state index contributed by atoms with van der Waals surface area (Å²) in [5, 5.41) is 0. The monoisotopic (exact) mass is 383 g/mol. The standard InChI is InChI=1S/C16H18BrNO5/c1-16(2)22-13-11(18)10(12-14(21-12)15(13)23-16)6-3-8-9(4-7(6)17)20-5-19-8/h3-4,10-15H,5,18H2,1-2H3/t10-,11-,12+,13+,14+,15+/m1/s1. The van der Waals surface area contributed by atoms with Crippen molar-refractivity contribution in [3.05, 3.63) is 22.2 Å². The Morgan fingerprint density at radius 1 is 1.04 bits per heavy atom. The number of hydrogen-bond donors (Lipinski definition) is 1. The molecule has 0 bridgehead atoms. The molecule has 1 saturated carbocycles. The van der Waals surface area contributed by atoms with Gasteiger partial charge in [0.2, 0.25) is 6.79 Å². The highest BCUT2D eigenvalue weighted by molar-refractivity contribution is 9.10. The van der Waals surface area contributed by atoms with Crippen LogP contribution in [0.25, 0.3) is 0 Å². The van der Waals surface area contributed by atoms with Crippen LogP contribution in [-0.4, -0.2) is 43.0 Å². The Hall–Kier alpha value is -0.860. The number of benzene rings is 1. The van der Waals surface area contributed by atoms with E-state index in [9.17, 15) is 0 Å². The SMILES string of the molecule is CC1(C)O[C@@H]2[C@H]3O[C@H]3[C@H](c3cc4c(cc3Br)OCO4)[C@@H](N)[C@@H]2O1. The zero-order valence-electron chi connectivity index (χ0n) is 12.8. The lowest BCUT2D eigenvalue weighted by Crippen LogP contribution is -2.53. The highest BCUT2D eigenvalue weighted by atomic mass is 79.9. The maximum Gasteiger partial charge on any atom is 0.231 e. The molecule has 4 aliphatic rings. The number of halogens is 1. The summed E-state index contributed by atoms with van der Waals surface area (Å²) in [5.41, 5.74) is 7.64. The predicted octanol–water partition coefficient (Wildman–Crippen LogP) is 1.89. The topological polar surface area (TPSA) is 75.5 Å². The Morgan fingerprint density at radius 3 is 2.52 bits per heavy atom. The van der Waals surface area contributed by atoms with Crippen molar-refractivity contribution in [3.8, 4) is 11.5 Å². The van der Waals surface area contributed by atoms with Crippen molar-refractivity contribution >= 4 is 15.9 Å². The molecule has 6 atom stereocenters. The van der Waals surface area contributed by atoms with Crippen LogP contribution in [0.1, 0.15) is 25.3 Å².